The van der Waals surface area contributed by atoms with Crippen molar-refractivity contribution < 1.29 is 44.3 Å². The molecule has 6 fully saturated rings. The van der Waals surface area contributed by atoms with Gasteiger partial charge in [0.2, 0.25) is 0 Å². The maximum atomic E-state index is 13.4. The topological polar surface area (TPSA) is 146 Å². The first-order valence-corrected chi connectivity index (χ1v) is 18.4. The molecule has 0 aromatic rings. The fourth-order valence-corrected chi connectivity index (χ4v) is 13.3. The van der Waals surface area contributed by atoms with Crippen molar-refractivity contribution in [3.8, 4) is 0 Å². The quantitative estimate of drug-likeness (QED) is 0.166. The van der Waals surface area contributed by atoms with E-state index in [1.54, 1.807) is 0 Å². The third-order valence-electron chi connectivity index (χ3n) is 16.0. The third-order valence-corrected chi connectivity index (χ3v) is 16.0. The standard InChI is InChI=1S/C38H61NO9/c1-21(2)22-11-16-38(33(44)45)18-17-36(6)23(29(22)38)9-10-26-35(5)14-13-27(34(3,4)25(35)12-15-37(26,36)7)48-28(41)19-39(46-8)32-31(43)30(42)24(40)20-47-32/h22-27,29-32,40,42-43H,1,9-20H2,2-8H3,(H,44,45)/t22-,23+,24-,25-,26+,27-,29+,30+,31-,32-,35-,36+,37+,38-/m0/s1. The number of carboxylic acids is 1. The fourth-order valence-electron chi connectivity index (χ4n) is 13.3. The van der Waals surface area contributed by atoms with Crippen molar-refractivity contribution >= 4 is 11.9 Å². The van der Waals surface area contributed by atoms with Gasteiger partial charge in [0.25, 0.3) is 0 Å². The van der Waals surface area contributed by atoms with E-state index < -0.39 is 41.9 Å². The van der Waals surface area contributed by atoms with Crippen LogP contribution in [0.3, 0.4) is 0 Å². The van der Waals surface area contributed by atoms with Crippen LogP contribution >= 0.6 is 0 Å². The second kappa shape index (κ2) is 12.3. The van der Waals surface area contributed by atoms with Crippen LogP contribution in [-0.2, 0) is 23.9 Å². The molecule has 6 rings (SSSR count). The van der Waals surface area contributed by atoms with Crippen molar-refractivity contribution in [2.24, 2.45) is 56.7 Å². The Labute approximate surface area is 286 Å². The summed E-state index contributed by atoms with van der Waals surface area (Å²) in [5.74, 6) is 0.572. The predicted octanol–water partition coefficient (Wildman–Crippen LogP) is 4.94. The molecule has 0 aromatic heterocycles. The molecule has 48 heavy (non-hydrogen) atoms. The Balaban J connectivity index is 1.20. The van der Waals surface area contributed by atoms with Crippen molar-refractivity contribution in [2.75, 3.05) is 20.3 Å². The number of aliphatic hydroxyl groups excluding tert-OH is 3. The number of allylic oxidation sites excluding steroid dienone is 1. The summed E-state index contributed by atoms with van der Waals surface area (Å²) >= 11 is 0. The summed E-state index contributed by atoms with van der Waals surface area (Å²) in [5.41, 5.74) is 0.458. The van der Waals surface area contributed by atoms with E-state index in [9.17, 15) is 30.0 Å². The van der Waals surface area contributed by atoms with E-state index in [1.807, 2.05) is 0 Å². The van der Waals surface area contributed by atoms with Crippen LogP contribution in [0, 0.1) is 56.7 Å². The van der Waals surface area contributed by atoms with Gasteiger partial charge in [-0.05, 0) is 117 Å². The summed E-state index contributed by atoms with van der Waals surface area (Å²) in [4.78, 5) is 31.7. The first kappa shape index (κ1) is 36.2. The molecule has 14 atom stereocenters. The molecule has 0 radical (unpaired) electrons. The number of aliphatic hydroxyl groups is 3. The van der Waals surface area contributed by atoms with Crippen LogP contribution in [0.15, 0.2) is 12.2 Å². The molecule has 272 valence electrons. The molecule has 10 nitrogen and oxygen atoms in total. The maximum Gasteiger partial charge on any atom is 0.323 e. The number of carboxylic acid groups (broad SMARTS) is 1. The average molecular weight is 676 g/mol. The molecule has 0 unspecified atom stereocenters. The molecule has 1 saturated heterocycles. The highest BCUT2D eigenvalue weighted by Gasteiger charge is 2.72. The van der Waals surface area contributed by atoms with Crippen LogP contribution in [0.4, 0.5) is 0 Å². The normalized spacial score (nSPS) is 49.6. The minimum Gasteiger partial charge on any atom is -0.481 e. The van der Waals surface area contributed by atoms with E-state index in [-0.39, 0.29) is 52.8 Å². The van der Waals surface area contributed by atoms with Crippen LogP contribution in [0.1, 0.15) is 106 Å². The molecule has 0 bridgehead atoms. The molecule has 1 heterocycles. The summed E-state index contributed by atoms with van der Waals surface area (Å²) < 4.78 is 11.7. The second-order valence-corrected chi connectivity index (χ2v) is 18.0. The smallest absolute Gasteiger partial charge is 0.323 e. The summed E-state index contributed by atoms with van der Waals surface area (Å²) in [6.07, 6.45) is 3.94. The lowest BCUT2D eigenvalue weighted by Crippen LogP contribution is -2.67. The number of ether oxygens (including phenoxy) is 2. The number of hydroxylamine groups is 2. The Morgan fingerprint density at radius 1 is 0.875 bits per heavy atom. The van der Waals surface area contributed by atoms with Gasteiger partial charge in [0.15, 0.2) is 6.23 Å². The zero-order valence-electron chi connectivity index (χ0n) is 30.2. The lowest BCUT2D eigenvalue weighted by atomic mass is 9.32. The van der Waals surface area contributed by atoms with Gasteiger partial charge in [0.1, 0.15) is 31.0 Å². The van der Waals surface area contributed by atoms with Gasteiger partial charge in [-0.2, -0.15) is 0 Å². The van der Waals surface area contributed by atoms with Gasteiger partial charge in [-0.25, -0.2) is 0 Å². The molecule has 1 aliphatic heterocycles. The van der Waals surface area contributed by atoms with E-state index in [4.69, 9.17) is 14.3 Å². The molecule has 0 spiro atoms. The molecule has 0 amide bonds. The molecule has 10 heteroatoms. The Hall–Kier alpha value is -1.56. The van der Waals surface area contributed by atoms with Gasteiger partial charge < -0.3 is 29.9 Å². The van der Waals surface area contributed by atoms with Crippen molar-refractivity contribution in [2.45, 2.75) is 136 Å². The minimum atomic E-state index is -1.45. The van der Waals surface area contributed by atoms with Gasteiger partial charge in [0.05, 0.1) is 19.1 Å². The third kappa shape index (κ3) is 5.08. The Bertz CT molecular complexity index is 1290. The molecule has 6 aliphatic rings. The lowest BCUT2D eigenvalue weighted by molar-refractivity contribution is -0.305. The number of hydrogen-bond acceptors (Lipinski definition) is 9. The number of rotatable bonds is 7. The number of carbonyl (C=O) groups is 2. The number of hydrogen-bond donors (Lipinski definition) is 4. The molecular formula is C38H61NO9. The van der Waals surface area contributed by atoms with Crippen molar-refractivity contribution in [3.05, 3.63) is 12.2 Å². The average Bonchev–Trinajstić information content (AvgIpc) is 3.42. The van der Waals surface area contributed by atoms with Gasteiger partial charge in [-0.15, -0.1) is 5.06 Å². The van der Waals surface area contributed by atoms with E-state index >= 15 is 0 Å². The van der Waals surface area contributed by atoms with Gasteiger partial charge >= 0.3 is 11.9 Å². The van der Waals surface area contributed by atoms with Crippen LogP contribution in [-0.4, -0.2) is 88.3 Å². The van der Waals surface area contributed by atoms with Crippen molar-refractivity contribution in [1.82, 2.24) is 5.06 Å². The summed E-state index contributed by atoms with van der Waals surface area (Å²) in [7, 11) is 1.37. The van der Waals surface area contributed by atoms with Crippen LogP contribution in [0.25, 0.3) is 0 Å². The summed E-state index contributed by atoms with van der Waals surface area (Å²) in [5, 5.41) is 42.3. The highest BCUT2D eigenvalue weighted by Crippen LogP contribution is 2.77. The van der Waals surface area contributed by atoms with Crippen LogP contribution in [0.5, 0.6) is 0 Å². The van der Waals surface area contributed by atoms with E-state index in [0.717, 1.165) is 69.8 Å². The van der Waals surface area contributed by atoms with E-state index in [2.05, 4.69) is 48.1 Å². The predicted molar refractivity (Wildman–Crippen MR) is 178 cm³/mol. The first-order valence-electron chi connectivity index (χ1n) is 18.4. The molecule has 5 aliphatic carbocycles. The van der Waals surface area contributed by atoms with E-state index in [0.29, 0.717) is 17.8 Å². The molecule has 0 aromatic carbocycles. The van der Waals surface area contributed by atoms with Gasteiger partial charge in [-0.1, -0.05) is 46.8 Å². The minimum absolute atomic E-state index is 0.0536. The SMILES string of the molecule is C=C(C)[C@@H]1CC[C@]2(C(=O)O)CC[C@]3(C)[C@H](CC[C@@H]4[C@@]5(C)CC[C@H](OC(=O)CN(OC)[C@H]6OC[C@H](O)[C@@H](O)[C@@H]6O)C(C)(C)[C@@H]5CC[C@]43C)[C@@H]12. The fraction of sp³-hybridized carbons (Fsp3) is 0.895. The Morgan fingerprint density at radius 3 is 2.23 bits per heavy atom. The number of nitrogens with zero attached hydrogens (tertiary/aromatic N) is 1. The molecule has 5 saturated carbocycles. The molecular weight excluding hydrogens is 614 g/mol. The number of fused-ring (bicyclic) bond motifs is 7. The van der Waals surface area contributed by atoms with Crippen LogP contribution < -0.4 is 0 Å². The second-order valence-electron chi connectivity index (χ2n) is 18.0. The van der Waals surface area contributed by atoms with Crippen molar-refractivity contribution in [1.29, 1.82) is 0 Å². The largest absolute Gasteiger partial charge is 0.481 e. The number of carbonyl (C=O) groups excluding carboxylic acids is 1. The summed E-state index contributed by atoms with van der Waals surface area (Å²) in [6.45, 7) is 18.0. The Morgan fingerprint density at radius 2 is 1.58 bits per heavy atom. The highest BCUT2D eigenvalue weighted by molar-refractivity contribution is 5.76. The zero-order chi connectivity index (χ0) is 35.2. The van der Waals surface area contributed by atoms with Crippen molar-refractivity contribution in [3.63, 3.8) is 0 Å². The monoisotopic (exact) mass is 675 g/mol. The Kier molecular flexibility index (Phi) is 9.28. The lowest BCUT2D eigenvalue weighted by Gasteiger charge is -2.72. The highest BCUT2D eigenvalue weighted by atomic mass is 16.7. The number of aliphatic carboxylic acids is 1. The first-order chi connectivity index (χ1) is 22.4. The van der Waals surface area contributed by atoms with Gasteiger partial charge in [0, 0.05) is 5.41 Å². The van der Waals surface area contributed by atoms with E-state index in [1.165, 1.54) is 12.2 Å². The summed E-state index contributed by atoms with van der Waals surface area (Å²) in [6, 6.07) is 0. The zero-order valence-corrected chi connectivity index (χ0v) is 30.2. The maximum absolute atomic E-state index is 13.4. The molecule has 4 N–H and O–H groups in total. The van der Waals surface area contributed by atoms with Gasteiger partial charge in [-0.3, -0.25) is 14.4 Å². The number of esters is 1. The van der Waals surface area contributed by atoms with Crippen LogP contribution in [0.2, 0.25) is 0 Å².